The van der Waals surface area contributed by atoms with E-state index < -0.39 is 0 Å². The van der Waals surface area contributed by atoms with Crippen molar-refractivity contribution in [3.8, 4) is 0 Å². The summed E-state index contributed by atoms with van der Waals surface area (Å²) < 4.78 is 2.25. The monoisotopic (exact) mass is 248 g/mol. The number of halogens is 1. The Morgan fingerprint density at radius 1 is 1.41 bits per heavy atom. The number of imidazole rings is 1. The Balaban J connectivity index is 2.05. The van der Waals surface area contributed by atoms with Gasteiger partial charge in [-0.2, -0.15) is 0 Å². The second-order valence-corrected chi connectivity index (χ2v) is 5.30. The molecule has 0 spiro atoms. The lowest BCUT2D eigenvalue weighted by Gasteiger charge is -2.24. The summed E-state index contributed by atoms with van der Waals surface area (Å²) in [6.45, 7) is 0. The predicted octanol–water partition coefficient (Wildman–Crippen LogP) is 3.62. The number of aryl methyl sites for hydroxylation is 2. The maximum atomic E-state index is 5.78. The molecule has 0 bridgehead atoms. The minimum Gasteiger partial charge on any atom is -0.331 e. The van der Waals surface area contributed by atoms with Crippen molar-refractivity contribution < 1.29 is 0 Å². The first kappa shape index (κ1) is 11.1. The van der Waals surface area contributed by atoms with E-state index in [4.69, 9.17) is 16.6 Å². The molecule has 1 fully saturated rings. The minimum absolute atomic E-state index is 0.674. The van der Waals surface area contributed by atoms with E-state index in [1.54, 1.807) is 0 Å². The number of nitrogens with zero attached hydrogens (tertiary/aromatic N) is 2. The molecule has 1 aliphatic carbocycles. The molecule has 0 atom stereocenters. The third-order valence-electron chi connectivity index (χ3n) is 3.83. The second-order valence-electron chi connectivity index (χ2n) is 4.92. The number of aromatic nitrogens is 2. The third kappa shape index (κ3) is 1.85. The number of fused-ring (bicyclic) bond motifs is 1. The highest BCUT2D eigenvalue weighted by Gasteiger charge is 2.24. The van der Waals surface area contributed by atoms with Gasteiger partial charge in [0.2, 0.25) is 0 Å². The molecule has 90 valence electrons. The molecule has 3 rings (SSSR count). The van der Waals surface area contributed by atoms with Gasteiger partial charge in [0, 0.05) is 18.8 Å². The summed E-state index contributed by atoms with van der Waals surface area (Å²) in [7, 11) is 2.13. The quantitative estimate of drug-likeness (QED) is 0.759. The molecule has 1 aromatic heterocycles. The average molecular weight is 249 g/mol. The Kier molecular flexibility index (Phi) is 2.83. The zero-order valence-corrected chi connectivity index (χ0v) is 10.9. The molecule has 0 N–H and O–H groups in total. The lowest BCUT2D eigenvalue weighted by molar-refractivity contribution is 0.395. The van der Waals surface area contributed by atoms with Crippen molar-refractivity contribution in [1.82, 2.24) is 9.55 Å². The highest BCUT2D eigenvalue weighted by atomic mass is 35.5. The number of rotatable bonds is 3. The number of benzene rings is 1. The molecule has 17 heavy (non-hydrogen) atoms. The molecule has 1 heterocycles. The molecule has 0 saturated heterocycles. The molecule has 1 aromatic carbocycles. The van der Waals surface area contributed by atoms with E-state index in [0.29, 0.717) is 11.8 Å². The smallest absolute Gasteiger partial charge is 0.112 e. The topological polar surface area (TPSA) is 17.8 Å². The number of hydrogen-bond acceptors (Lipinski definition) is 1. The van der Waals surface area contributed by atoms with Crippen LogP contribution < -0.4 is 0 Å². The van der Waals surface area contributed by atoms with Gasteiger partial charge in [-0.3, -0.25) is 0 Å². The fraction of sp³-hybridized carbons (Fsp3) is 0.500. The normalized spacial score (nSPS) is 16.4. The van der Waals surface area contributed by atoms with E-state index in [-0.39, 0.29) is 0 Å². The fourth-order valence-corrected chi connectivity index (χ4v) is 2.78. The van der Waals surface area contributed by atoms with Crippen molar-refractivity contribution in [2.45, 2.75) is 31.6 Å². The van der Waals surface area contributed by atoms with E-state index in [9.17, 15) is 0 Å². The van der Waals surface area contributed by atoms with Gasteiger partial charge in [0.15, 0.2) is 0 Å². The van der Waals surface area contributed by atoms with Crippen molar-refractivity contribution in [2.24, 2.45) is 7.05 Å². The average Bonchev–Trinajstić information content (AvgIpc) is 2.54. The van der Waals surface area contributed by atoms with Gasteiger partial charge in [-0.05, 0) is 37.0 Å². The molecule has 0 aliphatic heterocycles. The van der Waals surface area contributed by atoms with Gasteiger partial charge >= 0.3 is 0 Å². The van der Waals surface area contributed by atoms with Gasteiger partial charge in [0.05, 0.1) is 11.0 Å². The van der Waals surface area contributed by atoms with Crippen LogP contribution >= 0.6 is 11.6 Å². The maximum absolute atomic E-state index is 5.78. The van der Waals surface area contributed by atoms with Crippen molar-refractivity contribution in [3.05, 3.63) is 29.6 Å². The van der Waals surface area contributed by atoms with Crippen molar-refractivity contribution in [2.75, 3.05) is 5.88 Å². The second kappa shape index (κ2) is 4.34. The summed E-state index contributed by atoms with van der Waals surface area (Å²) in [5, 5.41) is 0. The van der Waals surface area contributed by atoms with Crippen LogP contribution in [0.5, 0.6) is 0 Å². The van der Waals surface area contributed by atoms with Crippen molar-refractivity contribution >= 4 is 22.6 Å². The molecule has 0 unspecified atom stereocenters. The van der Waals surface area contributed by atoms with Crippen LogP contribution in [0.2, 0.25) is 0 Å². The molecule has 2 aromatic rings. The van der Waals surface area contributed by atoms with Crippen molar-refractivity contribution in [3.63, 3.8) is 0 Å². The van der Waals surface area contributed by atoms with Gasteiger partial charge in [-0.1, -0.05) is 12.5 Å². The highest BCUT2D eigenvalue weighted by Crippen LogP contribution is 2.36. The molecule has 2 nitrogen and oxygen atoms in total. The van der Waals surface area contributed by atoms with Crippen LogP contribution in [-0.4, -0.2) is 15.4 Å². The Morgan fingerprint density at radius 3 is 2.88 bits per heavy atom. The first-order valence-electron chi connectivity index (χ1n) is 6.31. The Hall–Kier alpha value is -1.02. The maximum Gasteiger partial charge on any atom is 0.112 e. The number of alkyl halides is 1. The van der Waals surface area contributed by atoms with Gasteiger partial charge in [-0.15, -0.1) is 11.6 Å². The van der Waals surface area contributed by atoms with Crippen LogP contribution in [0.1, 0.15) is 36.6 Å². The first-order valence-corrected chi connectivity index (χ1v) is 6.84. The van der Waals surface area contributed by atoms with E-state index >= 15 is 0 Å². The molecule has 1 aliphatic rings. The summed E-state index contributed by atoms with van der Waals surface area (Å²) in [4.78, 5) is 4.80. The van der Waals surface area contributed by atoms with Crippen LogP contribution in [0.25, 0.3) is 11.0 Å². The highest BCUT2D eigenvalue weighted by molar-refractivity contribution is 6.18. The Bertz CT molecular complexity index is 540. The zero-order chi connectivity index (χ0) is 11.8. The largest absolute Gasteiger partial charge is 0.331 e. The van der Waals surface area contributed by atoms with Crippen LogP contribution in [0, 0.1) is 0 Å². The van der Waals surface area contributed by atoms with Crippen LogP contribution in [0.3, 0.4) is 0 Å². The van der Waals surface area contributed by atoms with E-state index in [1.807, 2.05) is 0 Å². The molecular formula is C14H17ClN2. The summed E-state index contributed by atoms with van der Waals surface area (Å²) in [5.41, 5.74) is 3.65. The first-order chi connectivity index (χ1) is 8.29. The summed E-state index contributed by atoms with van der Waals surface area (Å²) in [5.74, 6) is 2.62. The van der Waals surface area contributed by atoms with E-state index in [1.165, 1.54) is 36.2 Å². The molecule has 3 heteroatoms. The lowest BCUT2D eigenvalue weighted by atomic mass is 9.85. The fourth-order valence-electron chi connectivity index (χ4n) is 2.56. The van der Waals surface area contributed by atoms with Crippen LogP contribution in [0.4, 0.5) is 0 Å². The molecular weight excluding hydrogens is 232 g/mol. The lowest BCUT2D eigenvalue weighted by Crippen LogP contribution is -2.13. The molecule has 0 radical (unpaired) electrons. The molecule has 0 amide bonds. The molecule has 1 saturated carbocycles. The Labute approximate surface area is 107 Å². The predicted molar refractivity (Wildman–Crippen MR) is 71.7 cm³/mol. The summed E-state index contributed by atoms with van der Waals surface area (Å²) in [6.07, 6.45) is 4.87. The van der Waals surface area contributed by atoms with E-state index in [2.05, 4.69) is 29.8 Å². The van der Waals surface area contributed by atoms with Crippen LogP contribution in [-0.2, 0) is 13.5 Å². The SMILES string of the molecule is Cn1c(C2CCC2)nc2cc(CCCl)ccc21. The van der Waals surface area contributed by atoms with E-state index in [0.717, 1.165) is 11.9 Å². The number of hydrogen-bond donors (Lipinski definition) is 0. The summed E-state index contributed by atoms with van der Waals surface area (Å²) in [6, 6.07) is 6.52. The van der Waals surface area contributed by atoms with Gasteiger partial charge in [0.1, 0.15) is 5.82 Å². The third-order valence-corrected chi connectivity index (χ3v) is 4.02. The standard InChI is InChI=1S/C14H17ClN2/c1-17-13-6-5-10(7-8-15)9-12(13)16-14(17)11-3-2-4-11/h5-6,9,11H,2-4,7-8H2,1H3. The summed E-state index contributed by atoms with van der Waals surface area (Å²) >= 11 is 5.78. The minimum atomic E-state index is 0.674. The van der Waals surface area contributed by atoms with Gasteiger partial charge in [-0.25, -0.2) is 4.98 Å². The zero-order valence-electron chi connectivity index (χ0n) is 10.1. The van der Waals surface area contributed by atoms with Gasteiger partial charge in [0.25, 0.3) is 0 Å². The van der Waals surface area contributed by atoms with Crippen molar-refractivity contribution in [1.29, 1.82) is 0 Å². The Morgan fingerprint density at radius 2 is 2.24 bits per heavy atom. The van der Waals surface area contributed by atoms with Gasteiger partial charge < -0.3 is 4.57 Å². The van der Waals surface area contributed by atoms with Crippen LogP contribution in [0.15, 0.2) is 18.2 Å².